The van der Waals surface area contributed by atoms with Crippen LogP contribution >= 0.6 is 23.5 Å². The Balaban J connectivity index is 0.000000190. The summed E-state index contributed by atoms with van der Waals surface area (Å²) < 4.78 is 14.2. The zero-order valence-corrected chi connectivity index (χ0v) is 28.3. The minimum atomic E-state index is -1.20. The van der Waals surface area contributed by atoms with Crippen LogP contribution in [0.25, 0.3) is 22.3 Å². The number of anilines is 2. The first kappa shape index (κ1) is 36.1. The van der Waals surface area contributed by atoms with Gasteiger partial charge in [0.05, 0.1) is 25.9 Å². The lowest BCUT2D eigenvalue weighted by Gasteiger charge is -2.17. The van der Waals surface area contributed by atoms with Crippen molar-refractivity contribution in [3.63, 3.8) is 0 Å². The van der Waals surface area contributed by atoms with Crippen LogP contribution in [0.1, 0.15) is 25.8 Å². The van der Waals surface area contributed by atoms with E-state index in [1.807, 2.05) is 19.4 Å². The van der Waals surface area contributed by atoms with Gasteiger partial charge in [0.25, 0.3) is 0 Å². The second-order valence-electron chi connectivity index (χ2n) is 11.1. The lowest BCUT2D eigenvalue weighted by Crippen LogP contribution is -2.33. The number of hydrogen-bond acceptors (Lipinski definition) is 18. The molecule has 262 valence electrons. The summed E-state index contributed by atoms with van der Waals surface area (Å²) in [6.45, 7) is 5.74. The molecule has 0 amide bonds. The molecule has 6 rings (SSSR count). The number of nitrogens with zero attached hydrogens (tertiary/aromatic N) is 8. The number of nitrogens with one attached hydrogen (secondary N) is 2. The van der Waals surface area contributed by atoms with Crippen molar-refractivity contribution >= 4 is 57.5 Å². The van der Waals surface area contributed by atoms with Crippen LogP contribution in [0.15, 0.2) is 35.1 Å². The van der Waals surface area contributed by atoms with E-state index in [2.05, 4.69) is 47.1 Å². The number of aliphatic hydroxyl groups excluding tert-OH is 6. The lowest BCUT2D eigenvalue weighted by atomic mass is 10.1. The highest BCUT2D eigenvalue weighted by molar-refractivity contribution is 7.98. The Hall–Kier alpha value is -3.18. The molecule has 2 saturated heterocycles. The van der Waals surface area contributed by atoms with Gasteiger partial charge in [-0.2, -0.15) is 0 Å². The van der Waals surface area contributed by atoms with Crippen molar-refractivity contribution in [3.8, 4) is 0 Å². The fourth-order valence-corrected chi connectivity index (χ4v) is 5.98. The normalized spacial score (nSPS) is 27.0. The monoisotopic (exact) mass is 708 g/mol. The smallest absolute Gasteiger partial charge is 0.191 e. The van der Waals surface area contributed by atoms with E-state index in [-0.39, 0.29) is 13.2 Å². The van der Waals surface area contributed by atoms with Crippen LogP contribution < -0.4 is 10.6 Å². The van der Waals surface area contributed by atoms with Crippen molar-refractivity contribution in [1.29, 1.82) is 0 Å². The van der Waals surface area contributed by atoms with Gasteiger partial charge in [-0.15, -0.1) is 6.58 Å². The largest absolute Gasteiger partial charge is 0.394 e. The molecule has 0 saturated carbocycles. The minimum Gasteiger partial charge on any atom is -0.394 e. The van der Waals surface area contributed by atoms with Gasteiger partial charge in [-0.3, -0.25) is 9.13 Å². The van der Waals surface area contributed by atoms with Crippen LogP contribution in [0.5, 0.6) is 0 Å². The molecule has 2 aliphatic heterocycles. The highest BCUT2D eigenvalue weighted by Gasteiger charge is 2.45. The standard InChI is InChI=1S/C16H23N5O4S.C12H17N5O4S/c1-8(2)4-5-17-13-10-14(20-16(19-13)26-3)21(7-18-10)15-12(24)11(23)9(6-22)25-15;1-13-9-6-10(16-12(15-9)22-2)17(4-14-6)11-8(20)7(19)5(3-18)21-11/h7,9,11-12,15,22-24H,1,4-6H2,2-3H3,(H,17,19,20);4-5,7-8,11,18-20H,3H2,1-2H3,(H,13,15,16)/t9-,11-,12-,15-;5-,7-,8-,11-/m11/s1. The zero-order chi connectivity index (χ0) is 34.7. The average Bonchev–Trinajstić information content (AvgIpc) is 3.85. The molecule has 0 bridgehead atoms. The molecule has 0 radical (unpaired) electrons. The van der Waals surface area contributed by atoms with Gasteiger partial charge < -0.3 is 50.7 Å². The first-order chi connectivity index (χ1) is 23.1. The summed E-state index contributed by atoms with van der Waals surface area (Å²) in [5, 5.41) is 66.1. The Labute approximate surface area is 283 Å². The number of imidazole rings is 2. The number of fused-ring (bicyclic) bond motifs is 2. The van der Waals surface area contributed by atoms with Crippen molar-refractivity contribution in [2.45, 2.75) is 72.7 Å². The van der Waals surface area contributed by atoms with E-state index in [1.54, 1.807) is 16.2 Å². The van der Waals surface area contributed by atoms with Crippen LogP contribution in [0, 0.1) is 0 Å². The number of aliphatic hydroxyl groups is 6. The van der Waals surface area contributed by atoms with E-state index >= 15 is 0 Å². The topological polar surface area (TPSA) is 251 Å². The Kier molecular flexibility index (Phi) is 11.7. The van der Waals surface area contributed by atoms with Crippen molar-refractivity contribution in [3.05, 3.63) is 24.8 Å². The molecule has 8 atom stereocenters. The number of hydrogen-bond donors (Lipinski definition) is 8. The highest BCUT2D eigenvalue weighted by atomic mass is 32.2. The molecule has 0 spiro atoms. The summed E-state index contributed by atoms with van der Waals surface area (Å²) in [7, 11) is 1.73. The lowest BCUT2D eigenvalue weighted by molar-refractivity contribution is -0.0511. The Morgan fingerprint density at radius 3 is 1.65 bits per heavy atom. The van der Waals surface area contributed by atoms with Crippen LogP contribution in [0.4, 0.5) is 11.6 Å². The second-order valence-corrected chi connectivity index (χ2v) is 12.7. The third-order valence-electron chi connectivity index (χ3n) is 7.83. The molecule has 4 aromatic heterocycles. The third kappa shape index (κ3) is 7.08. The van der Waals surface area contributed by atoms with Crippen molar-refractivity contribution in [2.24, 2.45) is 0 Å². The Bertz CT molecular complexity index is 1730. The fraction of sp³-hybridized carbons (Fsp3) is 0.571. The Morgan fingerprint density at radius 2 is 1.25 bits per heavy atom. The van der Waals surface area contributed by atoms with Crippen molar-refractivity contribution in [2.75, 3.05) is 50.0 Å². The second kappa shape index (κ2) is 15.6. The summed E-state index contributed by atoms with van der Waals surface area (Å²) in [5.74, 6) is 1.16. The number of thioether (sulfide) groups is 2. The predicted octanol–water partition coefficient (Wildman–Crippen LogP) is -0.261. The first-order valence-electron chi connectivity index (χ1n) is 14.9. The third-order valence-corrected chi connectivity index (χ3v) is 8.93. The number of ether oxygens (including phenoxy) is 2. The van der Waals surface area contributed by atoms with Crippen LogP contribution in [0.3, 0.4) is 0 Å². The fourth-order valence-electron chi connectivity index (χ4n) is 5.26. The molecule has 0 aromatic carbocycles. The average molecular weight is 709 g/mol. The maximum absolute atomic E-state index is 10.3. The molecular weight excluding hydrogens is 669 g/mol. The van der Waals surface area contributed by atoms with Gasteiger partial charge in [-0.1, -0.05) is 29.1 Å². The van der Waals surface area contributed by atoms with E-state index < -0.39 is 49.1 Å². The summed E-state index contributed by atoms with van der Waals surface area (Å²) in [6, 6.07) is 0. The summed E-state index contributed by atoms with van der Waals surface area (Å²) in [4.78, 5) is 26.3. The molecule has 2 fully saturated rings. The highest BCUT2D eigenvalue weighted by Crippen LogP contribution is 2.34. The number of aromatic nitrogens is 8. The molecular formula is C28H40N10O8S2. The predicted molar refractivity (Wildman–Crippen MR) is 178 cm³/mol. The van der Waals surface area contributed by atoms with Gasteiger partial charge in [-0.05, 0) is 25.9 Å². The van der Waals surface area contributed by atoms with Crippen LogP contribution in [0.2, 0.25) is 0 Å². The molecule has 6 heterocycles. The van der Waals surface area contributed by atoms with Crippen LogP contribution in [-0.4, -0.2) is 146 Å². The molecule has 18 nitrogen and oxygen atoms in total. The molecule has 0 aliphatic carbocycles. The first-order valence-corrected chi connectivity index (χ1v) is 17.4. The van der Waals surface area contributed by atoms with Crippen molar-refractivity contribution in [1.82, 2.24) is 39.0 Å². The quantitative estimate of drug-likeness (QED) is 0.0568. The van der Waals surface area contributed by atoms with E-state index in [4.69, 9.17) is 9.47 Å². The minimum absolute atomic E-state index is 0.381. The SMILES string of the molecule is C=C(C)CCNc1nc(SC)nc2c1ncn2[C@@H]1O[C@H](CO)[C@@H](O)[C@H]1O.CNc1nc(SC)nc2c1ncn2[C@@H]1O[C@H](CO)[C@@H](O)[C@H]1O. The van der Waals surface area contributed by atoms with Crippen molar-refractivity contribution < 1.29 is 40.1 Å². The molecule has 2 aliphatic rings. The van der Waals surface area contributed by atoms with Gasteiger partial charge in [0.2, 0.25) is 0 Å². The van der Waals surface area contributed by atoms with E-state index in [1.165, 1.54) is 36.2 Å². The summed E-state index contributed by atoms with van der Waals surface area (Å²) in [5.41, 5.74) is 3.11. The Morgan fingerprint density at radius 1 is 0.792 bits per heavy atom. The maximum atomic E-state index is 10.3. The number of rotatable bonds is 11. The zero-order valence-electron chi connectivity index (χ0n) is 26.7. The molecule has 4 aromatic rings. The summed E-state index contributed by atoms with van der Waals surface area (Å²) >= 11 is 2.76. The molecule has 8 N–H and O–H groups in total. The van der Waals surface area contributed by atoms with Gasteiger partial charge in [0, 0.05) is 13.6 Å². The summed E-state index contributed by atoms with van der Waals surface area (Å²) in [6.07, 6.45) is -0.696. The molecule has 0 unspecified atom stereocenters. The maximum Gasteiger partial charge on any atom is 0.191 e. The molecule has 20 heteroatoms. The van der Waals surface area contributed by atoms with Gasteiger partial charge in [-0.25, -0.2) is 29.9 Å². The van der Waals surface area contributed by atoms with E-state index in [9.17, 15) is 30.6 Å². The van der Waals surface area contributed by atoms with E-state index in [0.717, 1.165) is 12.0 Å². The van der Waals surface area contributed by atoms with E-state index in [0.29, 0.717) is 50.8 Å². The van der Waals surface area contributed by atoms with Gasteiger partial charge in [0.1, 0.15) is 36.6 Å². The molecule has 48 heavy (non-hydrogen) atoms. The van der Waals surface area contributed by atoms with Crippen LogP contribution in [-0.2, 0) is 9.47 Å². The van der Waals surface area contributed by atoms with Gasteiger partial charge in [0.15, 0.2) is 56.7 Å². The van der Waals surface area contributed by atoms with Gasteiger partial charge >= 0.3 is 0 Å².